The number of carboxylic acids is 1. The van der Waals surface area contributed by atoms with Gasteiger partial charge >= 0.3 is 11.9 Å². The molecule has 1 atom stereocenters. The third-order valence-electron chi connectivity index (χ3n) is 0.988. The molecule has 0 unspecified atom stereocenters. The maximum atomic E-state index is 11.4. The fourth-order valence-corrected chi connectivity index (χ4v) is 0.722. The van der Waals surface area contributed by atoms with Gasteiger partial charge in [-0.2, -0.15) is 0 Å². The maximum Gasteiger partial charge on any atom is 0.307 e. The van der Waals surface area contributed by atoms with E-state index in [1.54, 1.807) is 0 Å². The van der Waals surface area contributed by atoms with Crippen LogP contribution in [-0.2, 0) is 14.3 Å². The summed E-state index contributed by atoms with van der Waals surface area (Å²) < 4.78 is 48.0. The molecule has 0 saturated heterocycles. The fraction of sp³-hybridized carbons (Fsp3) is 0.778. The minimum absolute atomic E-state index is 0.557. The molecule has 0 aromatic rings. The van der Waals surface area contributed by atoms with E-state index in [2.05, 4.69) is 4.74 Å². The molecule has 0 aliphatic rings. The van der Waals surface area contributed by atoms with Crippen LogP contribution in [0.1, 0.15) is 21.5 Å². The maximum absolute atomic E-state index is 11.4. The Hall–Kier alpha value is -1.10. The lowest BCUT2D eigenvalue weighted by Gasteiger charge is -2.28. The molecule has 0 aliphatic carbocycles. The molecule has 14 heavy (non-hydrogen) atoms. The van der Waals surface area contributed by atoms with Gasteiger partial charge in [-0.15, -0.1) is 0 Å². The van der Waals surface area contributed by atoms with Crippen molar-refractivity contribution >= 4 is 11.9 Å². The molecule has 0 bridgehead atoms. The van der Waals surface area contributed by atoms with Gasteiger partial charge in [0.05, 0.1) is 31.7 Å². The summed E-state index contributed by atoms with van der Waals surface area (Å²) in [4.78, 5) is 22.2. The number of carbonyl (C=O) groups excluding carboxylic acids is 1. The molecule has 0 amide bonds. The first kappa shape index (κ1) is 5.70. The van der Waals surface area contributed by atoms with Crippen LogP contribution in [0.25, 0.3) is 0 Å². The van der Waals surface area contributed by atoms with E-state index in [-0.39, 0.29) is 0 Å². The summed E-state index contributed by atoms with van der Waals surface area (Å²) in [6, 6.07) is 0. The van der Waals surface area contributed by atoms with Gasteiger partial charge in [-0.1, -0.05) is 0 Å². The Kier molecular flexibility index (Phi) is 2.02. The standard InChI is InChI=1S/C9H17NO4/c1-7(11)14-8(5-9(12)13)6-10(2,3)4/h8H,5-6H2,1-4H3/p+1/t8-/m0/s1/i1D3,6D2,8D. The van der Waals surface area contributed by atoms with Gasteiger partial charge in [0.2, 0.25) is 0 Å². The van der Waals surface area contributed by atoms with Crippen LogP contribution in [0.4, 0.5) is 0 Å². The third-order valence-corrected chi connectivity index (χ3v) is 0.988. The number of hydrogen-bond acceptors (Lipinski definition) is 3. The number of ether oxygens (including phenoxy) is 1. The second-order valence-electron chi connectivity index (χ2n) is 3.51. The topological polar surface area (TPSA) is 63.6 Å². The Bertz CT molecular complexity index is 402. The summed E-state index contributed by atoms with van der Waals surface area (Å²) in [5.74, 6) is -3.40. The molecule has 5 nitrogen and oxygen atoms in total. The first-order valence-electron chi connectivity index (χ1n) is 6.81. The normalized spacial score (nSPS) is 23.9. The van der Waals surface area contributed by atoms with Gasteiger partial charge < -0.3 is 14.3 Å². The van der Waals surface area contributed by atoms with Gasteiger partial charge in [0, 0.05) is 11.0 Å². The van der Waals surface area contributed by atoms with Crippen LogP contribution in [-0.4, -0.2) is 55.2 Å². The second-order valence-corrected chi connectivity index (χ2v) is 3.51. The highest BCUT2D eigenvalue weighted by Crippen LogP contribution is 2.04. The number of esters is 1. The largest absolute Gasteiger partial charge is 0.481 e. The molecule has 0 radical (unpaired) electrons. The van der Waals surface area contributed by atoms with Gasteiger partial charge in [0.15, 0.2) is 6.08 Å². The smallest absolute Gasteiger partial charge is 0.307 e. The van der Waals surface area contributed by atoms with Gasteiger partial charge in [0.1, 0.15) is 6.50 Å². The van der Waals surface area contributed by atoms with Crippen LogP contribution in [0, 0.1) is 0 Å². The van der Waals surface area contributed by atoms with Crippen LogP contribution in [0.2, 0.25) is 0 Å². The van der Waals surface area contributed by atoms with Crippen molar-refractivity contribution in [2.75, 3.05) is 27.6 Å². The highest BCUT2D eigenvalue weighted by Gasteiger charge is 2.23. The van der Waals surface area contributed by atoms with E-state index in [1.807, 2.05) is 0 Å². The number of carbonyl (C=O) groups is 2. The molecular weight excluding hydrogens is 186 g/mol. The predicted molar refractivity (Wildman–Crippen MR) is 50.7 cm³/mol. The molecule has 0 aromatic carbocycles. The van der Waals surface area contributed by atoms with Crippen LogP contribution in [0.5, 0.6) is 0 Å². The average molecular weight is 210 g/mol. The minimum atomic E-state index is -3.20. The van der Waals surface area contributed by atoms with Crippen LogP contribution >= 0.6 is 0 Å². The fourth-order valence-electron chi connectivity index (χ4n) is 0.722. The molecule has 0 rings (SSSR count). The van der Waals surface area contributed by atoms with Crippen molar-refractivity contribution in [3.63, 3.8) is 0 Å². The second kappa shape index (κ2) is 4.95. The summed E-state index contributed by atoms with van der Waals surface area (Å²) in [5.41, 5.74) is 0. The van der Waals surface area contributed by atoms with Crippen molar-refractivity contribution in [3.05, 3.63) is 0 Å². The molecule has 0 aliphatic heterocycles. The number of rotatable bonds is 5. The summed E-state index contributed by atoms with van der Waals surface area (Å²) in [6.45, 7) is -5.85. The molecule has 1 N–H and O–H groups in total. The van der Waals surface area contributed by atoms with Crippen molar-refractivity contribution in [2.24, 2.45) is 0 Å². The van der Waals surface area contributed by atoms with E-state index in [4.69, 9.17) is 13.3 Å². The molecule has 82 valence electrons. The van der Waals surface area contributed by atoms with Crippen molar-refractivity contribution in [1.82, 2.24) is 0 Å². The highest BCUT2D eigenvalue weighted by atomic mass is 16.5. The van der Waals surface area contributed by atoms with Crippen molar-refractivity contribution < 1.29 is 32.1 Å². The molecule has 0 aromatic heterocycles. The third kappa shape index (κ3) is 7.54. The van der Waals surface area contributed by atoms with Gasteiger partial charge in [-0.05, 0) is 0 Å². The van der Waals surface area contributed by atoms with Crippen molar-refractivity contribution in [2.45, 2.75) is 19.4 Å². The lowest BCUT2D eigenvalue weighted by atomic mass is 10.2. The molecule has 0 spiro atoms. The zero-order valence-corrected chi connectivity index (χ0v) is 8.33. The number of nitrogens with zero attached hydrogens (tertiary/aromatic N) is 1. The van der Waals surface area contributed by atoms with Crippen molar-refractivity contribution in [1.29, 1.82) is 0 Å². The Morgan fingerprint density at radius 1 is 1.64 bits per heavy atom. The Morgan fingerprint density at radius 3 is 2.57 bits per heavy atom. The minimum Gasteiger partial charge on any atom is -0.481 e. The summed E-state index contributed by atoms with van der Waals surface area (Å²) in [7, 11) is 3.98. The average Bonchev–Trinajstić information content (AvgIpc) is 2.12. The summed E-state index contributed by atoms with van der Waals surface area (Å²) in [5, 5.41) is 8.77. The summed E-state index contributed by atoms with van der Waals surface area (Å²) in [6.07, 6.45) is -4.06. The number of aliphatic carboxylic acids is 1. The lowest BCUT2D eigenvalue weighted by molar-refractivity contribution is -0.873. The van der Waals surface area contributed by atoms with Crippen LogP contribution in [0.15, 0.2) is 0 Å². The van der Waals surface area contributed by atoms with E-state index < -0.39 is 42.3 Å². The molecule has 0 fully saturated rings. The highest BCUT2D eigenvalue weighted by molar-refractivity contribution is 5.69. The van der Waals surface area contributed by atoms with Gasteiger partial charge in [-0.25, -0.2) is 0 Å². The Morgan fingerprint density at radius 2 is 2.21 bits per heavy atom. The van der Waals surface area contributed by atoms with Gasteiger partial charge in [-0.3, -0.25) is 9.59 Å². The molecule has 5 heteroatoms. The number of carboxylic acid groups (broad SMARTS) is 1. The van der Waals surface area contributed by atoms with E-state index >= 15 is 0 Å². The molecule has 0 saturated carbocycles. The first-order chi connectivity index (χ1) is 8.54. The van der Waals surface area contributed by atoms with Crippen molar-refractivity contribution in [3.8, 4) is 0 Å². The number of hydrogen-bond donors (Lipinski definition) is 1. The van der Waals surface area contributed by atoms with Crippen LogP contribution < -0.4 is 0 Å². The van der Waals surface area contributed by atoms with Gasteiger partial charge in [0.25, 0.3) is 0 Å². The van der Waals surface area contributed by atoms with Crippen LogP contribution in [0.3, 0.4) is 0 Å². The molecule has 0 heterocycles. The Balaban J connectivity index is 5.65. The number of likely N-dealkylation sites (N-methyl/N-ethyl adjacent to an activating group) is 1. The zero-order chi connectivity index (χ0) is 16.6. The Labute approximate surface area is 92.3 Å². The monoisotopic (exact) mass is 210 g/mol. The van der Waals surface area contributed by atoms with E-state index in [0.29, 0.717) is 0 Å². The van der Waals surface area contributed by atoms with E-state index in [9.17, 15) is 9.59 Å². The number of quaternary nitrogens is 1. The SMILES string of the molecule is [2H]C([2H])([2H])C(=O)O[C@@]([2H])(CC(=O)O)C([2H])([2H])[N+](C)(C)C. The lowest BCUT2D eigenvalue weighted by Crippen LogP contribution is -2.43. The van der Waals surface area contributed by atoms with E-state index in [1.165, 1.54) is 21.1 Å². The quantitative estimate of drug-likeness (QED) is 0.516. The molecular formula is C9H18NO4+. The predicted octanol–water partition coefficient (Wildman–Crippen LogP) is 0.0990. The summed E-state index contributed by atoms with van der Waals surface area (Å²) >= 11 is 0. The van der Waals surface area contributed by atoms with E-state index in [0.717, 1.165) is 0 Å². The first-order valence-corrected chi connectivity index (χ1v) is 3.81. The zero-order valence-electron chi connectivity index (χ0n) is 14.3.